The molecule has 0 atom stereocenters. The van der Waals surface area contributed by atoms with Crippen LogP contribution in [0.4, 0.5) is 10.5 Å². The molecule has 30 heavy (non-hydrogen) atoms. The molecule has 3 N–H and O–H groups in total. The molecule has 0 heterocycles. The normalized spacial score (nSPS) is 12.6. The van der Waals surface area contributed by atoms with E-state index in [0.29, 0.717) is 19.6 Å². The lowest BCUT2D eigenvalue weighted by Crippen LogP contribution is -2.26. The minimum absolute atomic E-state index is 0.0760. The van der Waals surface area contributed by atoms with Gasteiger partial charge in [-0.05, 0) is 52.8 Å². The highest BCUT2D eigenvalue weighted by molar-refractivity contribution is 5.79. The van der Waals surface area contributed by atoms with Crippen LogP contribution in [0.25, 0.3) is 17.2 Å². The molecule has 152 valence electrons. The number of fused-ring (bicyclic) bond motifs is 3. The number of rotatable bonds is 6. The number of nitrogens with two attached hydrogens (primary N) is 1. The number of hydrogen-bond donors (Lipinski definition) is 2. The number of amides is 1. The molecule has 1 aliphatic rings. The highest BCUT2D eigenvalue weighted by Crippen LogP contribution is 2.44. The van der Waals surface area contributed by atoms with Gasteiger partial charge in [-0.15, -0.1) is 0 Å². The molecule has 3 aromatic carbocycles. The van der Waals surface area contributed by atoms with Gasteiger partial charge in [-0.25, -0.2) is 4.79 Å². The summed E-state index contributed by atoms with van der Waals surface area (Å²) in [5.41, 5.74) is 13.8. The summed E-state index contributed by atoms with van der Waals surface area (Å²) in [5, 5.41) is 2.83. The van der Waals surface area contributed by atoms with E-state index in [1.807, 2.05) is 61.5 Å². The monoisotopic (exact) mass is 398 g/mol. The number of ether oxygens (including phenoxy) is 1. The lowest BCUT2D eigenvalue weighted by molar-refractivity contribution is 0.143. The molecule has 0 saturated heterocycles. The number of carbonyl (C=O) groups is 1. The maximum Gasteiger partial charge on any atom is 0.407 e. The lowest BCUT2D eigenvalue weighted by Gasteiger charge is -2.14. The quantitative estimate of drug-likeness (QED) is 0.424. The molecule has 4 nitrogen and oxygen atoms in total. The van der Waals surface area contributed by atoms with Crippen molar-refractivity contribution >= 4 is 17.9 Å². The molecule has 4 heteroatoms. The van der Waals surface area contributed by atoms with Crippen LogP contribution in [0.2, 0.25) is 0 Å². The Bertz CT molecular complexity index is 1020. The third-order valence-electron chi connectivity index (χ3n) is 5.57. The van der Waals surface area contributed by atoms with Crippen LogP contribution < -0.4 is 11.1 Å². The number of benzene rings is 3. The summed E-state index contributed by atoms with van der Waals surface area (Å²) >= 11 is 0. The minimum atomic E-state index is -0.388. The van der Waals surface area contributed by atoms with E-state index in [9.17, 15) is 4.79 Å². The van der Waals surface area contributed by atoms with Crippen molar-refractivity contribution in [3.8, 4) is 11.1 Å². The zero-order valence-electron chi connectivity index (χ0n) is 17.1. The highest BCUT2D eigenvalue weighted by Gasteiger charge is 2.28. The first-order valence-electron chi connectivity index (χ1n) is 10.3. The number of aryl methyl sites for hydroxylation is 1. The summed E-state index contributed by atoms with van der Waals surface area (Å²) in [6.45, 7) is 2.87. The van der Waals surface area contributed by atoms with Crippen LogP contribution in [0, 0.1) is 6.92 Å². The number of carbonyl (C=O) groups excluding carboxylic acids is 1. The van der Waals surface area contributed by atoms with Gasteiger partial charge in [0.25, 0.3) is 0 Å². The molecule has 0 bridgehead atoms. The smallest absolute Gasteiger partial charge is 0.407 e. The van der Waals surface area contributed by atoms with Gasteiger partial charge < -0.3 is 15.8 Å². The van der Waals surface area contributed by atoms with Crippen LogP contribution >= 0.6 is 0 Å². The molecule has 0 aliphatic heterocycles. The second-order valence-corrected chi connectivity index (χ2v) is 7.52. The summed E-state index contributed by atoms with van der Waals surface area (Å²) in [5.74, 6) is 0.0760. The Kier molecular flexibility index (Phi) is 5.84. The van der Waals surface area contributed by atoms with Crippen LogP contribution in [-0.2, 0) is 4.74 Å². The van der Waals surface area contributed by atoms with Crippen LogP contribution in [0.5, 0.6) is 0 Å². The molecule has 0 saturated carbocycles. The largest absolute Gasteiger partial charge is 0.449 e. The van der Waals surface area contributed by atoms with Crippen LogP contribution in [0.3, 0.4) is 0 Å². The summed E-state index contributed by atoms with van der Waals surface area (Å²) in [6, 6.07) is 22.5. The molecule has 1 aliphatic carbocycles. The first-order chi connectivity index (χ1) is 14.6. The first-order valence-corrected chi connectivity index (χ1v) is 10.3. The van der Waals surface area contributed by atoms with Gasteiger partial charge in [0.1, 0.15) is 6.61 Å². The van der Waals surface area contributed by atoms with Crippen LogP contribution in [0.1, 0.15) is 34.6 Å². The Hall–Kier alpha value is -3.53. The third-order valence-corrected chi connectivity index (χ3v) is 5.57. The fourth-order valence-electron chi connectivity index (χ4n) is 4.04. The van der Waals surface area contributed by atoms with E-state index in [1.54, 1.807) is 0 Å². The first kappa shape index (κ1) is 19.8. The van der Waals surface area contributed by atoms with Crippen molar-refractivity contribution in [3.63, 3.8) is 0 Å². The van der Waals surface area contributed by atoms with E-state index in [2.05, 4.69) is 29.6 Å². The fraction of sp³-hybridized carbons (Fsp3) is 0.192. The Labute approximate surface area is 177 Å². The van der Waals surface area contributed by atoms with Gasteiger partial charge in [0, 0.05) is 18.2 Å². The van der Waals surface area contributed by atoms with Crippen molar-refractivity contribution in [1.29, 1.82) is 0 Å². The maximum atomic E-state index is 12.2. The third kappa shape index (κ3) is 4.08. The van der Waals surface area contributed by atoms with E-state index in [4.69, 9.17) is 10.5 Å². The molecule has 3 aromatic rings. The van der Waals surface area contributed by atoms with Gasteiger partial charge in [0.05, 0.1) is 0 Å². The maximum absolute atomic E-state index is 12.2. The fourth-order valence-corrected chi connectivity index (χ4v) is 4.04. The molecule has 1 amide bonds. The second kappa shape index (κ2) is 8.87. The van der Waals surface area contributed by atoms with Crippen LogP contribution in [0.15, 0.2) is 72.8 Å². The number of alkyl carbamates (subject to hydrolysis) is 1. The number of nitrogen functional groups attached to an aromatic ring is 1. The van der Waals surface area contributed by atoms with E-state index in [0.717, 1.165) is 16.8 Å². The van der Waals surface area contributed by atoms with Gasteiger partial charge in [-0.2, -0.15) is 0 Å². The highest BCUT2D eigenvalue weighted by atomic mass is 16.5. The molecule has 0 unspecified atom stereocenters. The molecule has 0 aromatic heterocycles. The van der Waals surface area contributed by atoms with E-state index < -0.39 is 0 Å². The number of nitrogens with one attached hydrogen (secondary N) is 1. The van der Waals surface area contributed by atoms with Gasteiger partial charge in [-0.3, -0.25) is 0 Å². The molecule has 4 rings (SSSR count). The Morgan fingerprint density at radius 2 is 1.67 bits per heavy atom. The average molecular weight is 399 g/mol. The van der Waals surface area contributed by atoms with Crippen molar-refractivity contribution < 1.29 is 9.53 Å². The zero-order chi connectivity index (χ0) is 20.9. The lowest BCUT2D eigenvalue weighted by atomic mass is 9.98. The summed E-state index contributed by atoms with van der Waals surface area (Å²) in [4.78, 5) is 12.2. The van der Waals surface area contributed by atoms with Gasteiger partial charge in [0.15, 0.2) is 0 Å². The standard InChI is InChI=1S/C26H26N2O2/c1-18-9-8-15-25(27)19(18)10-6-7-16-28-26(29)30-17-24-22-13-4-2-11-20(22)21-12-3-5-14-23(21)24/h2-6,8-15,24H,7,16-17,27H2,1H3,(H,28,29). The predicted molar refractivity (Wildman–Crippen MR) is 122 cm³/mol. The van der Waals surface area contributed by atoms with Crippen molar-refractivity contribution in [2.45, 2.75) is 19.3 Å². The van der Waals surface area contributed by atoms with Gasteiger partial charge in [0.2, 0.25) is 0 Å². The van der Waals surface area contributed by atoms with Gasteiger partial charge >= 0.3 is 6.09 Å². The zero-order valence-corrected chi connectivity index (χ0v) is 17.1. The number of hydrogen-bond acceptors (Lipinski definition) is 3. The predicted octanol–water partition coefficient (Wildman–Crippen LogP) is 5.52. The van der Waals surface area contributed by atoms with Crippen LogP contribution in [-0.4, -0.2) is 19.2 Å². The van der Waals surface area contributed by atoms with Gasteiger partial charge in [-0.1, -0.05) is 72.8 Å². The Morgan fingerprint density at radius 1 is 1.00 bits per heavy atom. The minimum Gasteiger partial charge on any atom is -0.449 e. The molecular formula is C26H26N2O2. The SMILES string of the molecule is Cc1cccc(N)c1C=CCCNC(=O)OCC1c2ccccc2-c2ccccc21. The molecular weight excluding hydrogens is 372 g/mol. The molecule has 0 fully saturated rings. The Morgan fingerprint density at radius 3 is 2.33 bits per heavy atom. The summed E-state index contributed by atoms with van der Waals surface area (Å²) < 4.78 is 5.55. The van der Waals surface area contributed by atoms with Crippen molar-refractivity contribution in [2.75, 3.05) is 18.9 Å². The Balaban J connectivity index is 1.29. The van der Waals surface area contributed by atoms with Crippen molar-refractivity contribution in [2.24, 2.45) is 0 Å². The van der Waals surface area contributed by atoms with E-state index in [1.165, 1.54) is 22.3 Å². The second-order valence-electron chi connectivity index (χ2n) is 7.52. The molecule has 0 spiro atoms. The van der Waals surface area contributed by atoms with Crippen molar-refractivity contribution in [3.05, 3.63) is 95.1 Å². The van der Waals surface area contributed by atoms with E-state index in [-0.39, 0.29) is 12.0 Å². The van der Waals surface area contributed by atoms with E-state index >= 15 is 0 Å². The topological polar surface area (TPSA) is 64.3 Å². The number of anilines is 1. The molecule has 0 radical (unpaired) electrons. The average Bonchev–Trinajstić information content (AvgIpc) is 3.08. The summed E-state index contributed by atoms with van der Waals surface area (Å²) in [7, 11) is 0. The van der Waals surface area contributed by atoms with Crippen molar-refractivity contribution in [1.82, 2.24) is 5.32 Å². The summed E-state index contributed by atoms with van der Waals surface area (Å²) in [6.07, 6.45) is 4.34.